The van der Waals surface area contributed by atoms with Crippen LogP contribution < -0.4 is 10.6 Å². The number of carboxylic acid groups (broad SMARTS) is 1. The van der Waals surface area contributed by atoms with Crippen LogP contribution in [0.15, 0.2) is 0 Å². The average Bonchev–Trinajstić information content (AvgIpc) is 2.74. The number of aliphatic carboxylic acids is 1. The summed E-state index contributed by atoms with van der Waals surface area (Å²) in [5.74, 6) is -2.04. The SMILES string of the molecule is COC(=O)CC[C@H](NC(=O)NC1CCN(C)C1=O)C(=O)O. The fraction of sp³-hybridized carbons (Fsp3) is 0.667. The fourth-order valence-corrected chi connectivity index (χ4v) is 1.94. The van der Waals surface area contributed by atoms with E-state index in [-0.39, 0.29) is 18.7 Å². The Balaban J connectivity index is 2.47. The van der Waals surface area contributed by atoms with Gasteiger partial charge in [0.2, 0.25) is 5.91 Å². The lowest BCUT2D eigenvalue weighted by Crippen LogP contribution is -2.50. The molecule has 1 aliphatic rings. The zero-order valence-corrected chi connectivity index (χ0v) is 11.9. The summed E-state index contributed by atoms with van der Waals surface area (Å²) in [4.78, 5) is 46.8. The molecule has 3 N–H and O–H groups in total. The topological polar surface area (TPSA) is 125 Å². The van der Waals surface area contributed by atoms with Crippen molar-refractivity contribution in [2.45, 2.75) is 31.3 Å². The lowest BCUT2D eigenvalue weighted by Gasteiger charge is -2.17. The van der Waals surface area contributed by atoms with Crippen LogP contribution in [0.5, 0.6) is 0 Å². The van der Waals surface area contributed by atoms with Gasteiger partial charge >= 0.3 is 18.0 Å². The molecule has 1 rings (SSSR count). The van der Waals surface area contributed by atoms with Gasteiger partial charge in [0.05, 0.1) is 7.11 Å². The van der Waals surface area contributed by atoms with Crippen LogP contribution in [0.2, 0.25) is 0 Å². The molecule has 1 heterocycles. The van der Waals surface area contributed by atoms with E-state index in [2.05, 4.69) is 15.4 Å². The molecule has 0 aromatic carbocycles. The van der Waals surface area contributed by atoms with E-state index in [4.69, 9.17) is 5.11 Å². The van der Waals surface area contributed by atoms with Crippen molar-refractivity contribution in [2.24, 2.45) is 0 Å². The van der Waals surface area contributed by atoms with E-state index in [1.165, 1.54) is 12.0 Å². The van der Waals surface area contributed by atoms with Gasteiger partial charge in [0.25, 0.3) is 0 Å². The number of nitrogens with one attached hydrogen (secondary N) is 2. The standard InChI is InChI=1S/C12H19N3O6/c1-15-6-5-7(10(15)17)13-12(20)14-8(11(18)19)3-4-9(16)21-2/h7-8H,3-6H2,1-2H3,(H,18,19)(H2,13,14,20)/t7?,8-/m0/s1. The molecule has 21 heavy (non-hydrogen) atoms. The number of likely N-dealkylation sites (tertiary alicyclic amines) is 1. The van der Waals surface area contributed by atoms with E-state index < -0.39 is 30.1 Å². The van der Waals surface area contributed by atoms with Crippen molar-refractivity contribution in [1.29, 1.82) is 0 Å². The molecule has 2 atom stereocenters. The maximum atomic E-state index is 11.7. The van der Waals surface area contributed by atoms with Crippen molar-refractivity contribution >= 4 is 23.9 Å². The summed E-state index contributed by atoms with van der Waals surface area (Å²) in [6.45, 7) is 0.536. The fourth-order valence-electron chi connectivity index (χ4n) is 1.94. The largest absolute Gasteiger partial charge is 0.480 e. The van der Waals surface area contributed by atoms with E-state index >= 15 is 0 Å². The molecular weight excluding hydrogens is 282 g/mol. The second-order valence-electron chi connectivity index (χ2n) is 4.72. The number of esters is 1. The summed E-state index contributed by atoms with van der Waals surface area (Å²) in [5, 5.41) is 13.6. The highest BCUT2D eigenvalue weighted by Gasteiger charge is 2.31. The van der Waals surface area contributed by atoms with Gasteiger partial charge in [0, 0.05) is 20.0 Å². The Bertz CT molecular complexity index is 439. The van der Waals surface area contributed by atoms with E-state index in [0.717, 1.165) is 0 Å². The molecule has 0 radical (unpaired) electrons. The van der Waals surface area contributed by atoms with Crippen molar-refractivity contribution in [3.8, 4) is 0 Å². The molecule has 1 unspecified atom stereocenters. The van der Waals surface area contributed by atoms with Crippen LogP contribution >= 0.6 is 0 Å². The van der Waals surface area contributed by atoms with Gasteiger partial charge in [-0.2, -0.15) is 0 Å². The lowest BCUT2D eigenvalue weighted by atomic mass is 10.1. The van der Waals surface area contributed by atoms with Crippen molar-refractivity contribution in [3.05, 3.63) is 0 Å². The smallest absolute Gasteiger partial charge is 0.326 e. The first kappa shape index (κ1) is 16.7. The zero-order valence-electron chi connectivity index (χ0n) is 11.9. The molecule has 9 heteroatoms. The van der Waals surface area contributed by atoms with Gasteiger partial charge < -0.3 is 25.4 Å². The number of rotatable bonds is 6. The molecule has 9 nitrogen and oxygen atoms in total. The number of urea groups is 1. The van der Waals surface area contributed by atoms with Crippen LogP contribution in [-0.2, 0) is 19.1 Å². The summed E-state index contributed by atoms with van der Waals surface area (Å²) in [7, 11) is 2.82. The number of hydrogen-bond donors (Lipinski definition) is 3. The zero-order chi connectivity index (χ0) is 16.0. The minimum atomic E-state index is -1.26. The normalized spacial score (nSPS) is 19.0. The Labute approximate surface area is 121 Å². The van der Waals surface area contributed by atoms with Gasteiger partial charge in [0.1, 0.15) is 12.1 Å². The van der Waals surface area contributed by atoms with Crippen LogP contribution in [0.1, 0.15) is 19.3 Å². The molecular formula is C12H19N3O6. The van der Waals surface area contributed by atoms with Crippen molar-refractivity contribution in [2.75, 3.05) is 20.7 Å². The van der Waals surface area contributed by atoms with Crippen LogP contribution in [-0.4, -0.2) is 66.7 Å². The minimum Gasteiger partial charge on any atom is -0.480 e. The maximum absolute atomic E-state index is 11.7. The minimum absolute atomic E-state index is 0.0893. The first-order valence-corrected chi connectivity index (χ1v) is 6.46. The molecule has 0 bridgehead atoms. The second kappa shape index (κ2) is 7.46. The van der Waals surface area contributed by atoms with Gasteiger partial charge in [-0.3, -0.25) is 9.59 Å². The summed E-state index contributed by atoms with van der Waals surface area (Å²) in [6, 6.07) is -2.62. The molecule has 3 amide bonds. The maximum Gasteiger partial charge on any atom is 0.326 e. The number of hydrogen-bond acceptors (Lipinski definition) is 5. The molecule has 1 fully saturated rings. The number of carboxylic acids is 1. The number of likely N-dealkylation sites (N-methyl/N-ethyl adjacent to an activating group) is 1. The molecule has 1 saturated heterocycles. The number of amides is 3. The molecule has 0 aromatic heterocycles. The number of ether oxygens (including phenoxy) is 1. The summed E-state index contributed by atoms with van der Waals surface area (Å²) in [5.41, 5.74) is 0. The molecule has 118 valence electrons. The predicted molar refractivity (Wildman–Crippen MR) is 70.4 cm³/mol. The molecule has 1 aliphatic heterocycles. The Hall–Kier alpha value is -2.32. The van der Waals surface area contributed by atoms with Crippen molar-refractivity contribution < 1.29 is 29.0 Å². The molecule has 0 aromatic rings. The predicted octanol–water partition coefficient (Wildman–Crippen LogP) is -1.08. The highest BCUT2D eigenvalue weighted by atomic mass is 16.5. The quantitative estimate of drug-likeness (QED) is 0.536. The van der Waals surface area contributed by atoms with E-state index in [1.807, 2.05) is 0 Å². The molecule has 0 spiro atoms. The highest BCUT2D eigenvalue weighted by Crippen LogP contribution is 2.08. The summed E-state index contributed by atoms with van der Waals surface area (Å²) < 4.78 is 4.41. The van der Waals surface area contributed by atoms with Gasteiger partial charge in [-0.05, 0) is 12.8 Å². The number of carbonyl (C=O) groups excluding carboxylic acids is 3. The van der Waals surface area contributed by atoms with E-state index in [1.54, 1.807) is 7.05 Å². The van der Waals surface area contributed by atoms with Gasteiger partial charge in [0.15, 0.2) is 0 Å². The first-order chi connectivity index (χ1) is 9.85. The second-order valence-corrected chi connectivity index (χ2v) is 4.72. The third-order valence-corrected chi connectivity index (χ3v) is 3.20. The first-order valence-electron chi connectivity index (χ1n) is 6.46. The Morgan fingerprint density at radius 3 is 2.62 bits per heavy atom. The Kier molecular flexibility index (Phi) is 5.94. The number of nitrogens with zero attached hydrogens (tertiary/aromatic N) is 1. The third kappa shape index (κ3) is 4.93. The Morgan fingerprint density at radius 1 is 1.48 bits per heavy atom. The summed E-state index contributed by atoms with van der Waals surface area (Å²) in [6.07, 6.45) is 0.259. The van der Waals surface area contributed by atoms with E-state index in [0.29, 0.717) is 13.0 Å². The molecule has 0 saturated carbocycles. The van der Waals surface area contributed by atoms with Crippen LogP contribution in [0.4, 0.5) is 4.79 Å². The van der Waals surface area contributed by atoms with Crippen molar-refractivity contribution in [3.63, 3.8) is 0 Å². The van der Waals surface area contributed by atoms with Gasteiger partial charge in [-0.1, -0.05) is 0 Å². The third-order valence-electron chi connectivity index (χ3n) is 3.20. The van der Waals surface area contributed by atoms with Crippen LogP contribution in [0.25, 0.3) is 0 Å². The van der Waals surface area contributed by atoms with Gasteiger partial charge in [-0.15, -0.1) is 0 Å². The highest BCUT2D eigenvalue weighted by molar-refractivity contribution is 5.90. The average molecular weight is 301 g/mol. The monoisotopic (exact) mass is 301 g/mol. The summed E-state index contributed by atoms with van der Waals surface area (Å²) >= 11 is 0. The van der Waals surface area contributed by atoms with Crippen LogP contribution in [0, 0.1) is 0 Å². The van der Waals surface area contributed by atoms with Crippen LogP contribution in [0.3, 0.4) is 0 Å². The van der Waals surface area contributed by atoms with Gasteiger partial charge in [-0.25, -0.2) is 9.59 Å². The number of methoxy groups -OCH3 is 1. The number of carbonyl (C=O) groups is 4. The van der Waals surface area contributed by atoms with Crippen molar-refractivity contribution in [1.82, 2.24) is 15.5 Å². The molecule has 0 aliphatic carbocycles. The lowest BCUT2D eigenvalue weighted by molar-refractivity contribution is -0.142. The Morgan fingerprint density at radius 2 is 2.14 bits per heavy atom. The van der Waals surface area contributed by atoms with E-state index in [9.17, 15) is 19.2 Å².